The van der Waals surface area contributed by atoms with Gasteiger partial charge in [-0.1, -0.05) is 78.3 Å². The van der Waals surface area contributed by atoms with E-state index in [0.717, 1.165) is 51.7 Å². The summed E-state index contributed by atoms with van der Waals surface area (Å²) >= 11 is 6.16. The number of hydrogen-bond donors (Lipinski definition) is 2. The van der Waals surface area contributed by atoms with Crippen molar-refractivity contribution in [3.8, 4) is 0 Å². The second kappa shape index (κ2) is 12.5. The number of carboxylic acid groups (broad SMARTS) is 1. The highest BCUT2D eigenvalue weighted by molar-refractivity contribution is 7.85. The Labute approximate surface area is 254 Å². The van der Waals surface area contributed by atoms with Crippen molar-refractivity contribution in [1.29, 1.82) is 0 Å². The summed E-state index contributed by atoms with van der Waals surface area (Å²) in [5, 5.41) is 21.6. The predicted octanol–water partition coefficient (Wildman–Crippen LogP) is 7.96. The molecule has 1 aromatic heterocycles. The summed E-state index contributed by atoms with van der Waals surface area (Å²) in [6, 6.07) is 25.5. The van der Waals surface area contributed by atoms with Crippen molar-refractivity contribution in [2.24, 2.45) is 5.41 Å². The topological polar surface area (TPSA) is 87.5 Å². The average molecular weight is 602 g/mol. The van der Waals surface area contributed by atoms with Gasteiger partial charge in [-0.05, 0) is 91.5 Å². The third kappa shape index (κ3) is 7.54. The normalized spacial score (nSPS) is 16.0. The summed E-state index contributed by atoms with van der Waals surface area (Å²) in [5.74, 6) is -0.461. The van der Waals surface area contributed by atoms with Gasteiger partial charge < -0.3 is 10.2 Å². The first-order chi connectivity index (χ1) is 20.0. The van der Waals surface area contributed by atoms with Crippen LogP contribution < -0.4 is 0 Å². The van der Waals surface area contributed by atoms with E-state index in [4.69, 9.17) is 16.6 Å². The molecule has 1 aliphatic carbocycles. The fourth-order valence-electron chi connectivity index (χ4n) is 5.59. The van der Waals surface area contributed by atoms with Gasteiger partial charge in [0.25, 0.3) is 0 Å². The van der Waals surface area contributed by atoms with Crippen LogP contribution in [0.15, 0.2) is 78.9 Å². The first-order valence-corrected chi connectivity index (χ1v) is 16.0. The van der Waals surface area contributed by atoms with Crippen molar-refractivity contribution in [3.05, 3.63) is 112 Å². The van der Waals surface area contributed by atoms with Crippen LogP contribution in [0.2, 0.25) is 5.02 Å². The van der Waals surface area contributed by atoms with Crippen LogP contribution in [-0.4, -0.2) is 31.1 Å². The number of aliphatic carboxylic acids is 1. The summed E-state index contributed by atoms with van der Waals surface area (Å²) in [6.07, 6.45) is 6.86. The highest BCUT2D eigenvalue weighted by Crippen LogP contribution is 2.50. The molecule has 5 nitrogen and oxygen atoms in total. The zero-order valence-electron chi connectivity index (χ0n) is 23.9. The molecule has 2 atom stereocenters. The molecule has 0 spiro atoms. The molecule has 42 heavy (non-hydrogen) atoms. The number of aromatic nitrogens is 1. The number of carboxylic acids is 1. The zero-order chi connectivity index (χ0) is 29.9. The number of nitrogens with zero attached hydrogens (tertiary/aromatic N) is 1. The van der Waals surface area contributed by atoms with Gasteiger partial charge in [0.15, 0.2) is 0 Å². The molecule has 5 rings (SSSR count). The number of aliphatic hydroxyl groups is 1. The minimum Gasteiger partial charge on any atom is -0.481 e. The van der Waals surface area contributed by atoms with Crippen molar-refractivity contribution in [2.75, 3.05) is 5.75 Å². The minimum atomic E-state index is -1.27. The van der Waals surface area contributed by atoms with Crippen molar-refractivity contribution in [3.63, 3.8) is 0 Å². The van der Waals surface area contributed by atoms with E-state index in [2.05, 4.69) is 6.07 Å². The zero-order valence-corrected chi connectivity index (χ0v) is 25.5. The van der Waals surface area contributed by atoms with E-state index >= 15 is 0 Å². The lowest BCUT2D eigenvalue weighted by Crippen LogP contribution is -2.22. The van der Waals surface area contributed by atoms with Crippen molar-refractivity contribution in [2.45, 2.75) is 56.8 Å². The quantitative estimate of drug-likeness (QED) is 0.172. The monoisotopic (exact) mass is 601 g/mol. The van der Waals surface area contributed by atoms with Crippen LogP contribution in [0.1, 0.15) is 72.7 Å². The Kier molecular flexibility index (Phi) is 8.97. The second-order valence-corrected chi connectivity index (χ2v) is 14.0. The molecule has 0 saturated heterocycles. The third-order valence-corrected chi connectivity index (χ3v) is 10.3. The number of halogens is 1. The van der Waals surface area contributed by atoms with Crippen LogP contribution in [0.5, 0.6) is 0 Å². The fraction of sp³-hybridized carbons (Fsp3) is 0.314. The van der Waals surface area contributed by atoms with E-state index in [1.165, 1.54) is 0 Å². The van der Waals surface area contributed by atoms with E-state index in [1.54, 1.807) is 13.8 Å². The van der Waals surface area contributed by atoms with Gasteiger partial charge in [0.2, 0.25) is 0 Å². The van der Waals surface area contributed by atoms with E-state index in [9.17, 15) is 19.2 Å². The fourth-order valence-corrected chi connectivity index (χ4v) is 7.78. The standard InChI is InChI=1S/C35H36ClNO4S/c1-34(2,40)30-9-4-3-7-25(30)13-17-32(42(41)23-35(18-19-35)22-33(38)39)27-8-5-6-24(20-27)10-15-29-16-12-26-11-14-28(36)21-31(26)37-29/h3-12,14-16,20-21,32,40H,13,17-19,22-23H2,1-2H3,(H,38,39)/b15-10+/t32-,42-/m1/s1. The van der Waals surface area contributed by atoms with Crippen LogP contribution >= 0.6 is 11.6 Å². The first kappa shape index (κ1) is 30.1. The van der Waals surface area contributed by atoms with Gasteiger partial charge >= 0.3 is 5.97 Å². The second-order valence-electron chi connectivity index (χ2n) is 11.9. The van der Waals surface area contributed by atoms with Gasteiger partial charge in [0, 0.05) is 27.0 Å². The SMILES string of the molecule is CC(C)(O)c1ccccc1CC[C@H](c1cccc(/C=C/c2ccc3ccc(Cl)cc3n2)c1)[S@](=O)CC1(CC(=O)O)CC1. The Morgan fingerprint density at radius 3 is 2.55 bits per heavy atom. The lowest BCUT2D eigenvalue weighted by atomic mass is 9.90. The molecular weight excluding hydrogens is 566 g/mol. The predicted molar refractivity (Wildman–Crippen MR) is 172 cm³/mol. The summed E-state index contributed by atoms with van der Waals surface area (Å²) in [7, 11) is -1.27. The van der Waals surface area contributed by atoms with Gasteiger partial charge in [-0.3, -0.25) is 9.00 Å². The molecule has 7 heteroatoms. The van der Waals surface area contributed by atoms with Crippen molar-refractivity contribution >= 4 is 51.4 Å². The highest BCUT2D eigenvalue weighted by atomic mass is 35.5. The molecule has 1 aliphatic rings. The van der Waals surface area contributed by atoms with Gasteiger partial charge in [-0.2, -0.15) is 0 Å². The van der Waals surface area contributed by atoms with Crippen LogP contribution in [-0.2, 0) is 27.6 Å². The third-order valence-electron chi connectivity index (χ3n) is 8.01. The Morgan fingerprint density at radius 1 is 1.05 bits per heavy atom. The molecule has 0 bridgehead atoms. The Morgan fingerprint density at radius 2 is 1.81 bits per heavy atom. The number of benzene rings is 3. The van der Waals surface area contributed by atoms with Crippen molar-refractivity contribution < 1.29 is 19.2 Å². The van der Waals surface area contributed by atoms with Gasteiger partial charge in [0.05, 0.1) is 28.5 Å². The molecule has 218 valence electrons. The van der Waals surface area contributed by atoms with E-state index in [0.29, 0.717) is 23.6 Å². The maximum Gasteiger partial charge on any atom is 0.303 e. The van der Waals surface area contributed by atoms with Gasteiger partial charge in [-0.15, -0.1) is 0 Å². The number of fused-ring (bicyclic) bond motifs is 1. The number of pyridine rings is 1. The number of carbonyl (C=O) groups is 1. The maximum atomic E-state index is 14.0. The van der Waals surface area contributed by atoms with Crippen LogP contribution in [0.3, 0.4) is 0 Å². The Bertz CT molecular complexity index is 1650. The molecule has 3 aromatic carbocycles. The number of aryl methyl sites for hydroxylation is 1. The molecule has 0 radical (unpaired) electrons. The minimum absolute atomic E-state index is 0.0553. The molecule has 2 N–H and O–H groups in total. The lowest BCUT2D eigenvalue weighted by molar-refractivity contribution is -0.138. The average Bonchev–Trinajstić information content (AvgIpc) is 3.69. The summed E-state index contributed by atoms with van der Waals surface area (Å²) in [5.41, 5.74) is 4.09. The maximum absolute atomic E-state index is 14.0. The number of hydrogen-bond acceptors (Lipinski definition) is 4. The summed E-state index contributed by atoms with van der Waals surface area (Å²) in [4.78, 5) is 16.2. The van der Waals surface area contributed by atoms with E-state index in [1.807, 2.05) is 84.9 Å². The molecule has 0 aliphatic heterocycles. The van der Waals surface area contributed by atoms with Gasteiger partial charge in [0.1, 0.15) is 0 Å². The molecule has 1 saturated carbocycles. The lowest BCUT2D eigenvalue weighted by Gasteiger charge is -2.24. The van der Waals surface area contributed by atoms with Crippen LogP contribution in [0.4, 0.5) is 0 Å². The largest absolute Gasteiger partial charge is 0.481 e. The highest BCUT2D eigenvalue weighted by Gasteiger charge is 2.46. The molecule has 0 unspecified atom stereocenters. The first-order valence-electron chi connectivity index (χ1n) is 14.3. The van der Waals surface area contributed by atoms with E-state index < -0.39 is 22.4 Å². The Balaban J connectivity index is 1.41. The van der Waals surface area contributed by atoms with Crippen LogP contribution in [0.25, 0.3) is 23.1 Å². The molecule has 1 fully saturated rings. The van der Waals surface area contributed by atoms with Gasteiger partial charge in [-0.25, -0.2) is 4.98 Å². The number of rotatable bonds is 12. The van der Waals surface area contributed by atoms with Crippen molar-refractivity contribution in [1.82, 2.24) is 4.98 Å². The molecular formula is C35H36ClNO4S. The smallest absolute Gasteiger partial charge is 0.303 e. The van der Waals surface area contributed by atoms with E-state index in [-0.39, 0.29) is 17.1 Å². The summed E-state index contributed by atoms with van der Waals surface area (Å²) in [6.45, 7) is 3.55. The Hall–Kier alpha value is -3.32. The molecule has 0 amide bonds. The molecule has 1 heterocycles. The van der Waals surface area contributed by atoms with Crippen LogP contribution in [0, 0.1) is 5.41 Å². The summed E-state index contributed by atoms with van der Waals surface area (Å²) < 4.78 is 14.0. The molecule has 4 aromatic rings.